The zero-order valence-electron chi connectivity index (χ0n) is 12.9. The maximum Gasteiger partial charge on any atom is 0.409 e. The molecule has 0 saturated carbocycles. The molecule has 0 N–H and O–H groups in total. The lowest BCUT2D eigenvalue weighted by atomic mass is 10.2. The number of morpholine rings is 1. The predicted octanol–water partition coefficient (Wildman–Crippen LogP) is 1.94. The average molecular weight is 302 g/mol. The highest BCUT2D eigenvalue weighted by Crippen LogP contribution is 2.09. The maximum atomic E-state index is 11.9. The number of carbonyl (C=O) groups excluding carboxylic acids is 1. The van der Waals surface area contributed by atoms with E-state index in [0.29, 0.717) is 19.7 Å². The van der Waals surface area contributed by atoms with Crippen molar-refractivity contribution in [1.29, 1.82) is 0 Å². The molecule has 5 nitrogen and oxygen atoms in total. The first-order valence-corrected chi connectivity index (χ1v) is 7.43. The van der Waals surface area contributed by atoms with Crippen LogP contribution in [0.5, 0.6) is 0 Å². The van der Waals surface area contributed by atoms with Gasteiger partial charge >= 0.3 is 6.09 Å². The van der Waals surface area contributed by atoms with Crippen molar-refractivity contribution in [3.63, 3.8) is 0 Å². The first-order chi connectivity index (χ1) is 10.7. The first-order valence-electron chi connectivity index (χ1n) is 7.43. The van der Waals surface area contributed by atoms with Gasteiger partial charge in [0.15, 0.2) is 0 Å². The summed E-state index contributed by atoms with van der Waals surface area (Å²) in [6, 6.07) is 12.3. The SMILES string of the molecule is C#CN1CCO[C@H](CCN(C)C(=O)OCc2ccccc2)C1. The Morgan fingerprint density at radius 2 is 2.27 bits per heavy atom. The number of hydrogen-bond donors (Lipinski definition) is 0. The van der Waals surface area contributed by atoms with Crippen molar-refractivity contribution in [1.82, 2.24) is 9.80 Å². The fraction of sp³-hybridized carbons (Fsp3) is 0.471. The van der Waals surface area contributed by atoms with Crippen LogP contribution in [0.25, 0.3) is 0 Å². The monoisotopic (exact) mass is 302 g/mol. The van der Waals surface area contributed by atoms with Gasteiger partial charge < -0.3 is 19.3 Å². The topological polar surface area (TPSA) is 42.0 Å². The second kappa shape index (κ2) is 8.30. The maximum absolute atomic E-state index is 11.9. The molecule has 1 fully saturated rings. The average Bonchev–Trinajstić information content (AvgIpc) is 2.58. The van der Waals surface area contributed by atoms with Gasteiger partial charge in [0.2, 0.25) is 0 Å². The highest BCUT2D eigenvalue weighted by molar-refractivity contribution is 5.67. The van der Waals surface area contributed by atoms with Crippen LogP contribution in [0.2, 0.25) is 0 Å². The van der Waals surface area contributed by atoms with Crippen molar-refractivity contribution in [2.45, 2.75) is 19.1 Å². The Morgan fingerprint density at radius 1 is 1.50 bits per heavy atom. The number of benzene rings is 1. The molecular weight excluding hydrogens is 280 g/mol. The van der Waals surface area contributed by atoms with E-state index in [9.17, 15) is 4.79 Å². The Balaban J connectivity index is 1.69. The molecule has 1 aromatic carbocycles. The summed E-state index contributed by atoms with van der Waals surface area (Å²) in [4.78, 5) is 15.4. The van der Waals surface area contributed by atoms with Gasteiger partial charge in [0.25, 0.3) is 0 Å². The Labute approximate surface area is 131 Å². The highest BCUT2D eigenvalue weighted by Gasteiger charge is 2.20. The molecule has 1 aliphatic heterocycles. The molecular formula is C17H22N2O3. The lowest BCUT2D eigenvalue weighted by molar-refractivity contribution is -0.0165. The zero-order chi connectivity index (χ0) is 15.8. The number of terminal acetylenes is 1. The minimum absolute atomic E-state index is 0.0640. The molecule has 0 radical (unpaired) electrons. The van der Waals surface area contributed by atoms with E-state index in [2.05, 4.69) is 6.04 Å². The van der Waals surface area contributed by atoms with Crippen molar-refractivity contribution in [3.8, 4) is 12.5 Å². The molecule has 0 bridgehead atoms. The third kappa shape index (κ3) is 4.97. The van der Waals surface area contributed by atoms with Gasteiger partial charge in [0, 0.05) is 26.2 Å². The normalized spacial score (nSPS) is 17.6. The van der Waals surface area contributed by atoms with Crippen molar-refractivity contribution >= 4 is 6.09 Å². The van der Waals surface area contributed by atoms with Crippen LogP contribution in [0.4, 0.5) is 4.79 Å². The second-order valence-electron chi connectivity index (χ2n) is 5.32. The molecule has 0 unspecified atom stereocenters. The third-order valence-corrected chi connectivity index (χ3v) is 3.62. The van der Waals surface area contributed by atoms with Crippen LogP contribution >= 0.6 is 0 Å². The third-order valence-electron chi connectivity index (χ3n) is 3.62. The van der Waals surface area contributed by atoms with Gasteiger partial charge in [-0.2, -0.15) is 0 Å². The Hall–Kier alpha value is -2.19. The minimum atomic E-state index is -0.325. The van der Waals surface area contributed by atoms with E-state index in [-0.39, 0.29) is 18.8 Å². The van der Waals surface area contributed by atoms with Crippen LogP contribution in [0, 0.1) is 12.5 Å². The molecule has 5 heteroatoms. The summed E-state index contributed by atoms with van der Waals surface area (Å²) in [6.45, 7) is 2.98. The summed E-state index contributed by atoms with van der Waals surface area (Å²) in [6.07, 6.45) is 5.88. The summed E-state index contributed by atoms with van der Waals surface area (Å²) < 4.78 is 10.9. The van der Waals surface area contributed by atoms with Gasteiger partial charge in [-0.3, -0.25) is 0 Å². The summed E-state index contributed by atoms with van der Waals surface area (Å²) >= 11 is 0. The number of ether oxygens (including phenoxy) is 2. The van der Waals surface area contributed by atoms with Crippen molar-refractivity contribution < 1.29 is 14.3 Å². The Morgan fingerprint density at radius 3 is 3.00 bits per heavy atom. The molecule has 1 aliphatic rings. The molecule has 2 rings (SSSR count). The molecule has 1 aromatic rings. The van der Waals surface area contributed by atoms with E-state index in [1.54, 1.807) is 11.9 Å². The van der Waals surface area contributed by atoms with Crippen molar-refractivity contribution in [3.05, 3.63) is 35.9 Å². The molecule has 22 heavy (non-hydrogen) atoms. The van der Waals surface area contributed by atoms with E-state index in [4.69, 9.17) is 15.9 Å². The van der Waals surface area contributed by atoms with E-state index in [0.717, 1.165) is 18.5 Å². The van der Waals surface area contributed by atoms with E-state index < -0.39 is 0 Å². The lowest BCUT2D eigenvalue weighted by Gasteiger charge is -2.31. The van der Waals surface area contributed by atoms with Crippen LogP contribution in [0.15, 0.2) is 30.3 Å². The summed E-state index contributed by atoms with van der Waals surface area (Å²) in [5.74, 6) is 0. The molecule has 0 spiro atoms. The first kappa shape index (κ1) is 16.2. The van der Waals surface area contributed by atoms with Gasteiger partial charge in [-0.25, -0.2) is 4.79 Å². The fourth-order valence-electron chi connectivity index (χ4n) is 2.27. The number of hydrogen-bond acceptors (Lipinski definition) is 4. The molecule has 118 valence electrons. The van der Waals surface area contributed by atoms with Crippen LogP contribution in [-0.2, 0) is 16.1 Å². The van der Waals surface area contributed by atoms with Gasteiger partial charge in [0.1, 0.15) is 6.61 Å². The Bertz CT molecular complexity index is 512. The van der Waals surface area contributed by atoms with Gasteiger partial charge in [-0.1, -0.05) is 36.8 Å². The number of nitrogens with zero attached hydrogens (tertiary/aromatic N) is 2. The second-order valence-corrected chi connectivity index (χ2v) is 5.32. The van der Waals surface area contributed by atoms with Crippen molar-refractivity contribution in [2.24, 2.45) is 0 Å². The number of rotatable bonds is 5. The molecule has 1 heterocycles. The van der Waals surface area contributed by atoms with E-state index in [1.807, 2.05) is 35.2 Å². The molecule has 0 aliphatic carbocycles. The predicted molar refractivity (Wildman–Crippen MR) is 84.0 cm³/mol. The van der Waals surface area contributed by atoms with Crippen molar-refractivity contribution in [2.75, 3.05) is 33.3 Å². The van der Waals surface area contributed by atoms with Gasteiger partial charge in [-0.05, 0) is 12.0 Å². The summed E-state index contributed by atoms with van der Waals surface area (Å²) in [7, 11) is 1.73. The van der Waals surface area contributed by atoms with Crippen LogP contribution < -0.4 is 0 Å². The molecule has 1 amide bonds. The van der Waals surface area contributed by atoms with Gasteiger partial charge in [-0.15, -0.1) is 0 Å². The van der Waals surface area contributed by atoms with E-state index in [1.165, 1.54) is 0 Å². The van der Waals surface area contributed by atoms with Crippen LogP contribution in [0.3, 0.4) is 0 Å². The smallest absolute Gasteiger partial charge is 0.409 e. The molecule has 1 saturated heterocycles. The molecule has 1 atom stereocenters. The molecule has 0 aromatic heterocycles. The summed E-state index contributed by atoms with van der Waals surface area (Å²) in [5, 5.41) is 0. The minimum Gasteiger partial charge on any atom is -0.445 e. The largest absolute Gasteiger partial charge is 0.445 e. The standard InChI is InChI=1S/C17H22N2O3/c1-3-19-11-12-21-16(13-19)9-10-18(2)17(20)22-14-15-7-5-4-6-8-15/h1,4-8,16H,9-14H2,2H3/t16-/m1/s1. The lowest BCUT2D eigenvalue weighted by Crippen LogP contribution is -2.41. The zero-order valence-corrected chi connectivity index (χ0v) is 12.9. The highest BCUT2D eigenvalue weighted by atomic mass is 16.6. The van der Waals surface area contributed by atoms with E-state index >= 15 is 0 Å². The Kier molecular flexibility index (Phi) is 6.11. The summed E-state index contributed by atoms with van der Waals surface area (Å²) in [5.41, 5.74) is 0.976. The quantitative estimate of drug-likeness (QED) is 0.780. The van der Waals surface area contributed by atoms with Crippen LogP contribution in [0.1, 0.15) is 12.0 Å². The number of carbonyl (C=O) groups is 1. The fourth-order valence-corrected chi connectivity index (χ4v) is 2.27. The van der Waals surface area contributed by atoms with Crippen LogP contribution in [-0.4, -0.2) is 55.3 Å². The number of amides is 1. The van der Waals surface area contributed by atoms with Gasteiger partial charge in [0.05, 0.1) is 19.3 Å².